The van der Waals surface area contributed by atoms with Crippen LogP contribution in [-0.2, 0) is 32.7 Å². The summed E-state index contributed by atoms with van der Waals surface area (Å²) in [5.41, 5.74) is -0.915. The summed E-state index contributed by atoms with van der Waals surface area (Å²) in [5.74, 6) is -0.980. The van der Waals surface area contributed by atoms with Crippen LogP contribution in [0.5, 0.6) is 5.88 Å². The van der Waals surface area contributed by atoms with Gasteiger partial charge in [0.05, 0.1) is 17.2 Å². The zero-order valence-corrected chi connectivity index (χ0v) is 21.9. The highest BCUT2D eigenvalue weighted by Crippen LogP contribution is 2.33. The van der Waals surface area contributed by atoms with Crippen LogP contribution >= 0.6 is 0 Å². The molecular formula is C24H30N6O7S. The predicted molar refractivity (Wildman–Crippen MR) is 136 cm³/mol. The summed E-state index contributed by atoms with van der Waals surface area (Å²) in [6.45, 7) is 1.57. The number of carbonyl (C=O) groups excluding carboxylic acids is 1. The molecule has 0 saturated carbocycles. The Bertz CT molecular complexity index is 1400. The molecule has 2 aromatic rings. The Labute approximate surface area is 220 Å². The number of benzene rings is 1. The van der Waals surface area contributed by atoms with Gasteiger partial charge in [-0.15, -0.1) is 5.11 Å². The molecule has 1 aliphatic heterocycles. The number of nitrogens with one attached hydrogen (secondary N) is 1. The average Bonchev–Trinajstić information content (AvgIpc) is 2.91. The fourth-order valence-electron chi connectivity index (χ4n) is 4.13. The lowest BCUT2D eigenvalue weighted by molar-refractivity contribution is -0.119. The Hall–Kier alpha value is -3.64. The first-order valence-corrected chi connectivity index (χ1v) is 13.3. The highest BCUT2D eigenvalue weighted by atomic mass is 32.2. The van der Waals surface area contributed by atoms with E-state index in [1.54, 1.807) is 0 Å². The van der Waals surface area contributed by atoms with E-state index in [0.717, 1.165) is 11.0 Å². The van der Waals surface area contributed by atoms with Crippen LogP contribution < -0.4 is 10.9 Å². The number of aromatic nitrogens is 1. The third kappa shape index (κ3) is 6.43. The quantitative estimate of drug-likeness (QED) is 0.374. The second-order valence-corrected chi connectivity index (χ2v) is 10.7. The van der Waals surface area contributed by atoms with Crippen molar-refractivity contribution < 1.29 is 28.2 Å². The van der Waals surface area contributed by atoms with Gasteiger partial charge in [0.15, 0.2) is 5.69 Å². The third-order valence-corrected chi connectivity index (χ3v) is 7.98. The molecule has 1 atom stereocenters. The monoisotopic (exact) mass is 546 g/mol. The number of nitrogens with zero attached hydrogens (tertiary/aromatic N) is 5. The Kier molecular flexibility index (Phi) is 9.70. The Morgan fingerprint density at radius 2 is 2.00 bits per heavy atom. The van der Waals surface area contributed by atoms with E-state index in [2.05, 4.69) is 15.5 Å². The molecule has 13 nitrogen and oxygen atoms in total. The number of sulfonamides is 1. The van der Waals surface area contributed by atoms with Gasteiger partial charge in [-0.1, -0.05) is 0 Å². The minimum Gasteiger partial charge on any atom is -0.493 e. The molecule has 1 aliphatic rings. The fraction of sp³-hybridized carbons (Fsp3) is 0.458. The van der Waals surface area contributed by atoms with Gasteiger partial charge in [-0.05, 0) is 43.0 Å². The van der Waals surface area contributed by atoms with Crippen molar-refractivity contribution in [2.24, 2.45) is 16.1 Å². The van der Waals surface area contributed by atoms with Crippen molar-refractivity contribution in [2.45, 2.75) is 37.8 Å². The number of aliphatic hydroxyl groups excluding tert-OH is 1. The van der Waals surface area contributed by atoms with Gasteiger partial charge in [0.1, 0.15) is 11.6 Å². The number of hydrogen-bond acceptors (Lipinski definition) is 10. The highest BCUT2D eigenvalue weighted by Gasteiger charge is 2.30. The van der Waals surface area contributed by atoms with Gasteiger partial charge >= 0.3 is 0 Å². The predicted octanol–water partition coefficient (Wildman–Crippen LogP) is 1.52. The van der Waals surface area contributed by atoms with Crippen LogP contribution in [0.4, 0.5) is 11.4 Å². The lowest BCUT2D eigenvalue weighted by Gasteiger charge is -2.30. The Morgan fingerprint density at radius 3 is 2.61 bits per heavy atom. The number of methoxy groups -OCH3 is 1. The number of amides is 1. The zero-order chi connectivity index (χ0) is 27.9. The molecule has 1 unspecified atom stereocenters. The van der Waals surface area contributed by atoms with E-state index in [1.807, 2.05) is 6.07 Å². The number of azo groups is 1. The molecule has 1 aromatic carbocycles. The normalized spacial score (nSPS) is 16.4. The van der Waals surface area contributed by atoms with E-state index in [0.29, 0.717) is 13.0 Å². The number of piperidine rings is 1. The number of hydrogen-bond donors (Lipinski definition) is 3. The minimum atomic E-state index is -3.75. The summed E-state index contributed by atoms with van der Waals surface area (Å²) in [5, 5.41) is 40.5. The SMILES string of the molecule is COCc1c(/N=N/c2ccc(S(=O)(=O)N3CCCC(CO)C3)cc2)c(O)n(CCNC(C)=O)c(=O)c1C#N. The van der Waals surface area contributed by atoms with Gasteiger partial charge in [-0.3, -0.25) is 14.2 Å². The summed E-state index contributed by atoms with van der Waals surface area (Å²) in [7, 11) is -2.40. The van der Waals surface area contributed by atoms with Crippen LogP contribution in [0.3, 0.4) is 0 Å². The van der Waals surface area contributed by atoms with Gasteiger partial charge in [-0.25, -0.2) is 8.42 Å². The molecular weight excluding hydrogens is 516 g/mol. The summed E-state index contributed by atoms with van der Waals surface area (Å²) in [6, 6.07) is 7.47. The number of nitriles is 1. The van der Waals surface area contributed by atoms with Crippen LogP contribution in [-0.4, -0.2) is 66.8 Å². The maximum Gasteiger partial charge on any atom is 0.271 e. The topological polar surface area (TPSA) is 187 Å². The van der Waals surface area contributed by atoms with Crippen LogP contribution in [0.25, 0.3) is 0 Å². The highest BCUT2D eigenvalue weighted by molar-refractivity contribution is 7.89. The molecule has 2 heterocycles. The number of aromatic hydroxyl groups is 1. The molecule has 14 heteroatoms. The van der Waals surface area contributed by atoms with Crippen molar-refractivity contribution in [1.82, 2.24) is 14.2 Å². The summed E-state index contributed by atoms with van der Waals surface area (Å²) in [6.07, 6.45) is 1.44. The number of rotatable bonds is 10. The molecule has 38 heavy (non-hydrogen) atoms. The van der Waals surface area contributed by atoms with E-state index in [9.17, 15) is 33.5 Å². The number of ether oxygens (including phenoxy) is 1. The van der Waals surface area contributed by atoms with Crippen LogP contribution in [0.2, 0.25) is 0 Å². The molecule has 0 bridgehead atoms. The van der Waals surface area contributed by atoms with Crippen LogP contribution in [0.1, 0.15) is 30.9 Å². The summed E-state index contributed by atoms with van der Waals surface area (Å²) < 4.78 is 33.4. The lowest BCUT2D eigenvalue weighted by Crippen LogP contribution is -2.40. The summed E-state index contributed by atoms with van der Waals surface area (Å²) in [4.78, 5) is 24.0. The molecule has 1 amide bonds. The minimum absolute atomic E-state index is 0.0277. The molecule has 1 aromatic heterocycles. The van der Waals surface area contributed by atoms with E-state index < -0.39 is 21.5 Å². The second-order valence-electron chi connectivity index (χ2n) is 8.76. The molecule has 3 N–H and O–H groups in total. The first-order chi connectivity index (χ1) is 18.1. The lowest BCUT2D eigenvalue weighted by atomic mass is 10.0. The Morgan fingerprint density at radius 1 is 1.29 bits per heavy atom. The number of pyridine rings is 1. The molecule has 204 valence electrons. The van der Waals surface area contributed by atoms with Gasteiger partial charge in [0.25, 0.3) is 5.56 Å². The average molecular weight is 547 g/mol. The molecule has 3 rings (SSSR count). The van der Waals surface area contributed by atoms with Gasteiger partial charge in [0.2, 0.25) is 21.8 Å². The van der Waals surface area contributed by atoms with Crippen molar-refractivity contribution in [3.05, 3.63) is 45.7 Å². The number of carbonyl (C=O) groups is 1. The standard InChI is InChI=1S/C24H30N6O7S/c1-16(32)26-9-11-30-23(33)20(12-25)21(15-37-2)22(24(30)34)28-27-18-5-7-19(8-6-18)38(35,36)29-10-3-4-17(13-29)14-31/h5-8,17,31,34H,3-4,9-11,13-15H2,1-2H3,(H,26,32)/b28-27+. The van der Waals surface area contributed by atoms with Gasteiger partial charge in [-0.2, -0.15) is 14.7 Å². The fourth-order valence-corrected chi connectivity index (χ4v) is 5.69. The van der Waals surface area contributed by atoms with E-state index >= 15 is 0 Å². The smallest absolute Gasteiger partial charge is 0.271 e. The molecule has 0 aliphatic carbocycles. The van der Waals surface area contributed by atoms with Crippen LogP contribution in [0, 0.1) is 17.2 Å². The Balaban J connectivity index is 1.93. The van der Waals surface area contributed by atoms with Gasteiger partial charge in [0, 0.05) is 52.4 Å². The molecule has 0 spiro atoms. The zero-order valence-electron chi connectivity index (χ0n) is 21.1. The second kappa shape index (κ2) is 12.7. The van der Waals surface area contributed by atoms with E-state index in [-0.39, 0.29) is 72.1 Å². The first kappa shape index (κ1) is 28.9. The van der Waals surface area contributed by atoms with Crippen molar-refractivity contribution in [3.63, 3.8) is 0 Å². The third-order valence-electron chi connectivity index (χ3n) is 6.10. The van der Waals surface area contributed by atoms with Crippen molar-refractivity contribution in [3.8, 4) is 11.9 Å². The van der Waals surface area contributed by atoms with Crippen molar-refractivity contribution in [1.29, 1.82) is 5.26 Å². The van der Waals surface area contributed by atoms with Crippen molar-refractivity contribution >= 4 is 27.3 Å². The maximum absolute atomic E-state index is 13.0. The van der Waals surface area contributed by atoms with E-state index in [1.165, 1.54) is 42.6 Å². The molecule has 1 fully saturated rings. The van der Waals surface area contributed by atoms with E-state index in [4.69, 9.17) is 4.74 Å². The van der Waals surface area contributed by atoms with Crippen LogP contribution in [0.15, 0.2) is 44.2 Å². The molecule has 1 saturated heterocycles. The molecule has 0 radical (unpaired) electrons. The first-order valence-electron chi connectivity index (χ1n) is 11.9. The van der Waals surface area contributed by atoms with Crippen molar-refractivity contribution in [2.75, 3.05) is 33.4 Å². The largest absolute Gasteiger partial charge is 0.493 e. The van der Waals surface area contributed by atoms with Gasteiger partial charge < -0.3 is 20.3 Å². The summed E-state index contributed by atoms with van der Waals surface area (Å²) >= 11 is 0. The number of aliphatic hydroxyl groups is 1. The maximum atomic E-state index is 13.0.